The maximum Gasteiger partial charge on any atom is 0.248 e. The second kappa shape index (κ2) is 9.60. The van der Waals surface area contributed by atoms with Crippen LogP contribution in [0, 0.1) is 6.92 Å². The van der Waals surface area contributed by atoms with Crippen LogP contribution in [-0.2, 0) is 4.79 Å². The molecule has 140 valence electrons. The highest BCUT2D eigenvalue weighted by molar-refractivity contribution is 5.92. The molecule has 0 spiro atoms. The molecule has 1 aromatic heterocycles. The van der Waals surface area contributed by atoms with Gasteiger partial charge >= 0.3 is 0 Å². The van der Waals surface area contributed by atoms with Crippen molar-refractivity contribution in [3.63, 3.8) is 0 Å². The lowest BCUT2D eigenvalue weighted by Crippen LogP contribution is -2.24. The van der Waals surface area contributed by atoms with Crippen LogP contribution in [0.2, 0.25) is 0 Å². The summed E-state index contributed by atoms with van der Waals surface area (Å²) in [5.41, 5.74) is 0.834. The van der Waals surface area contributed by atoms with E-state index < -0.39 is 0 Å². The highest BCUT2D eigenvalue weighted by Crippen LogP contribution is 2.28. The molecule has 0 radical (unpaired) electrons. The first-order chi connectivity index (χ1) is 12.5. The van der Waals surface area contributed by atoms with Crippen molar-refractivity contribution in [1.29, 1.82) is 0 Å². The maximum absolute atomic E-state index is 12.1. The van der Waals surface area contributed by atoms with Crippen LogP contribution in [-0.4, -0.2) is 29.8 Å². The number of carbonyl (C=O) groups is 1. The number of methoxy groups -OCH3 is 1. The van der Waals surface area contributed by atoms with Crippen LogP contribution in [0.3, 0.4) is 0 Å². The lowest BCUT2D eigenvalue weighted by molar-refractivity contribution is -0.117. The van der Waals surface area contributed by atoms with Crippen molar-refractivity contribution >= 4 is 12.0 Å². The number of aryl methyl sites for hydroxylation is 1. The SMILES string of the molecule is CCCCOc1ccc(/C=C/C(=O)NC(C)c2nc(C)no2)cc1OC. The average Bonchev–Trinajstić information content (AvgIpc) is 3.07. The van der Waals surface area contributed by atoms with Crippen molar-refractivity contribution < 1.29 is 18.8 Å². The van der Waals surface area contributed by atoms with Crippen LogP contribution in [0.5, 0.6) is 11.5 Å². The molecule has 0 aliphatic rings. The molecule has 0 saturated carbocycles. The normalized spacial score (nSPS) is 12.2. The summed E-state index contributed by atoms with van der Waals surface area (Å²) in [5.74, 6) is 1.99. The molecule has 1 N–H and O–H groups in total. The molecule has 0 saturated heterocycles. The largest absolute Gasteiger partial charge is 0.493 e. The molecule has 0 bridgehead atoms. The quantitative estimate of drug-likeness (QED) is 0.545. The van der Waals surface area contributed by atoms with Gasteiger partial charge in [-0.3, -0.25) is 4.79 Å². The summed E-state index contributed by atoms with van der Waals surface area (Å²) < 4.78 is 16.1. The van der Waals surface area contributed by atoms with E-state index in [1.54, 1.807) is 27.0 Å². The minimum Gasteiger partial charge on any atom is -0.493 e. The second-order valence-electron chi connectivity index (χ2n) is 5.86. The molecule has 7 heteroatoms. The zero-order valence-corrected chi connectivity index (χ0v) is 15.6. The van der Waals surface area contributed by atoms with Gasteiger partial charge in [-0.25, -0.2) is 0 Å². The van der Waals surface area contributed by atoms with Crippen LogP contribution < -0.4 is 14.8 Å². The lowest BCUT2D eigenvalue weighted by atomic mass is 10.2. The van der Waals surface area contributed by atoms with Crippen molar-refractivity contribution in [2.24, 2.45) is 0 Å². The smallest absolute Gasteiger partial charge is 0.248 e. The number of unbranched alkanes of at least 4 members (excludes halogenated alkanes) is 1. The van der Waals surface area contributed by atoms with Gasteiger partial charge in [0.25, 0.3) is 0 Å². The monoisotopic (exact) mass is 359 g/mol. The summed E-state index contributed by atoms with van der Waals surface area (Å²) in [4.78, 5) is 16.2. The summed E-state index contributed by atoms with van der Waals surface area (Å²) in [6.07, 6.45) is 5.22. The lowest BCUT2D eigenvalue weighted by Gasteiger charge is -2.11. The Hall–Kier alpha value is -2.83. The predicted molar refractivity (Wildman–Crippen MR) is 98.0 cm³/mol. The third-order valence-electron chi connectivity index (χ3n) is 3.64. The molecule has 1 unspecified atom stereocenters. The van der Waals surface area contributed by atoms with E-state index in [0.29, 0.717) is 29.8 Å². The van der Waals surface area contributed by atoms with E-state index in [1.165, 1.54) is 6.08 Å². The molecular formula is C19H25N3O4. The van der Waals surface area contributed by atoms with E-state index in [-0.39, 0.29) is 11.9 Å². The molecule has 2 rings (SSSR count). The van der Waals surface area contributed by atoms with Crippen molar-refractivity contribution in [3.8, 4) is 11.5 Å². The summed E-state index contributed by atoms with van der Waals surface area (Å²) >= 11 is 0. The third kappa shape index (κ3) is 5.61. The standard InChI is InChI=1S/C19H25N3O4/c1-5-6-11-25-16-9-7-15(12-17(16)24-4)8-10-18(23)20-13(2)19-21-14(3)22-26-19/h7-10,12-13H,5-6,11H2,1-4H3,(H,20,23)/b10-8+. The Kier molecular flexibility index (Phi) is 7.20. The predicted octanol–water partition coefficient (Wildman–Crippen LogP) is 3.46. The number of carbonyl (C=O) groups excluding carboxylic acids is 1. The Bertz CT molecular complexity index is 755. The van der Waals surface area contributed by atoms with Crippen molar-refractivity contribution in [3.05, 3.63) is 41.6 Å². The van der Waals surface area contributed by atoms with Crippen molar-refractivity contribution in [1.82, 2.24) is 15.5 Å². The van der Waals surface area contributed by atoms with E-state index >= 15 is 0 Å². The second-order valence-corrected chi connectivity index (χ2v) is 5.86. The molecule has 1 heterocycles. The average molecular weight is 359 g/mol. The van der Waals surface area contributed by atoms with Gasteiger partial charge in [-0.2, -0.15) is 4.98 Å². The summed E-state index contributed by atoms with van der Waals surface area (Å²) in [6.45, 7) is 6.27. The Balaban J connectivity index is 1.96. The van der Waals surface area contributed by atoms with Crippen LogP contribution in [0.1, 0.15) is 50.0 Å². The number of amides is 1. The first-order valence-electron chi connectivity index (χ1n) is 8.63. The Labute approximate surface area is 153 Å². The number of ether oxygens (including phenoxy) is 2. The van der Waals surface area contributed by atoms with Gasteiger partial charge in [-0.05, 0) is 44.0 Å². The number of hydrogen-bond donors (Lipinski definition) is 1. The maximum atomic E-state index is 12.1. The Morgan fingerprint density at radius 1 is 1.38 bits per heavy atom. The third-order valence-corrected chi connectivity index (χ3v) is 3.64. The number of rotatable bonds is 9. The fourth-order valence-electron chi connectivity index (χ4n) is 2.22. The van der Waals surface area contributed by atoms with Crippen LogP contribution in [0.15, 0.2) is 28.8 Å². The van der Waals surface area contributed by atoms with E-state index in [9.17, 15) is 4.79 Å². The number of nitrogens with zero attached hydrogens (tertiary/aromatic N) is 2. The highest BCUT2D eigenvalue weighted by atomic mass is 16.5. The topological polar surface area (TPSA) is 86.5 Å². The molecule has 1 atom stereocenters. The summed E-state index contributed by atoms with van der Waals surface area (Å²) in [6, 6.07) is 5.18. The molecule has 1 amide bonds. The van der Waals surface area contributed by atoms with Gasteiger partial charge < -0.3 is 19.3 Å². The van der Waals surface area contributed by atoms with E-state index in [2.05, 4.69) is 22.4 Å². The molecule has 0 aliphatic carbocycles. The van der Waals surface area contributed by atoms with Gasteiger partial charge in [-0.1, -0.05) is 24.6 Å². The molecule has 7 nitrogen and oxygen atoms in total. The molecular weight excluding hydrogens is 334 g/mol. The van der Waals surface area contributed by atoms with Crippen LogP contribution >= 0.6 is 0 Å². The summed E-state index contributed by atoms with van der Waals surface area (Å²) in [5, 5.41) is 6.49. The molecule has 1 aromatic carbocycles. The molecule has 26 heavy (non-hydrogen) atoms. The van der Waals surface area contributed by atoms with Gasteiger partial charge in [0, 0.05) is 6.08 Å². The van der Waals surface area contributed by atoms with Crippen molar-refractivity contribution in [2.75, 3.05) is 13.7 Å². The van der Waals surface area contributed by atoms with Gasteiger partial charge in [0.15, 0.2) is 17.3 Å². The van der Waals surface area contributed by atoms with Gasteiger partial charge in [0.2, 0.25) is 11.8 Å². The number of hydrogen-bond acceptors (Lipinski definition) is 6. The minimum absolute atomic E-state index is 0.254. The van der Waals surface area contributed by atoms with E-state index in [0.717, 1.165) is 18.4 Å². The molecule has 2 aromatic rings. The number of benzene rings is 1. The molecule has 0 fully saturated rings. The Morgan fingerprint density at radius 3 is 2.85 bits per heavy atom. The number of nitrogens with one attached hydrogen (secondary N) is 1. The fraction of sp³-hybridized carbons (Fsp3) is 0.421. The zero-order chi connectivity index (χ0) is 18.9. The number of aromatic nitrogens is 2. The highest BCUT2D eigenvalue weighted by Gasteiger charge is 2.14. The minimum atomic E-state index is -0.364. The molecule has 0 aliphatic heterocycles. The van der Waals surface area contributed by atoms with Gasteiger partial charge in [-0.15, -0.1) is 0 Å². The first-order valence-corrected chi connectivity index (χ1v) is 8.63. The van der Waals surface area contributed by atoms with Crippen LogP contribution in [0.25, 0.3) is 6.08 Å². The summed E-state index contributed by atoms with van der Waals surface area (Å²) in [7, 11) is 1.59. The zero-order valence-electron chi connectivity index (χ0n) is 15.6. The van der Waals surface area contributed by atoms with E-state index in [4.69, 9.17) is 14.0 Å². The van der Waals surface area contributed by atoms with E-state index in [1.807, 2.05) is 18.2 Å². The van der Waals surface area contributed by atoms with Crippen LogP contribution in [0.4, 0.5) is 0 Å². The first kappa shape index (κ1) is 19.5. The fourth-order valence-corrected chi connectivity index (χ4v) is 2.22. The van der Waals surface area contributed by atoms with Crippen molar-refractivity contribution in [2.45, 2.75) is 39.7 Å². The van der Waals surface area contributed by atoms with Gasteiger partial charge in [0.05, 0.1) is 13.7 Å². The Morgan fingerprint density at radius 2 is 2.19 bits per heavy atom. The van der Waals surface area contributed by atoms with Gasteiger partial charge in [0.1, 0.15) is 6.04 Å².